The molecule has 0 unspecified atom stereocenters. The number of anilines is 6. The Bertz CT molecular complexity index is 5460. The van der Waals surface area contributed by atoms with Crippen molar-refractivity contribution in [2.75, 3.05) is 9.80 Å². The van der Waals surface area contributed by atoms with E-state index in [1.165, 1.54) is 139 Å². The molecule has 0 saturated heterocycles. The molecule has 0 N–H and O–H groups in total. The smallest absolute Gasteiger partial charge is 0.252 e. The first kappa shape index (κ1) is 69.0. The predicted octanol–water partition coefficient (Wildman–Crippen LogP) is 27.4. The van der Waals surface area contributed by atoms with Crippen LogP contribution in [-0.2, 0) is 17.3 Å². The molecule has 2 aliphatic rings. The minimum Gasteiger partial charge on any atom is -0.310 e. The second-order valence-electron chi connectivity index (χ2n) is 32.1. The van der Waals surface area contributed by atoms with Crippen LogP contribution in [-0.4, -0.2) is 6.71 Å². The van der Waals surface area contributed by atoms with Crippen molar-refractivity contribution in [3.63, 3.8) is 0 Å². The molecular formula is C105H91BN2. The molecule has 0 atom stereocenters. The van der Waals surface area contributed by atoms with Crippen molar-refractivity contribution >= 4 is 57.2 Å². The summed E-state index contributed by atoms with van der Waals surface area (Å²) in [6.07, 6.45) is 4.23. The lowest BCUT2D eigenvalue weighted by Gasteiger charge is -2.47. The highest BCUT2D eigenvalue weighted by atomic mass is 15.2. The lowest BCUT2D eigenvalue weighted by Crippen LogP contribution is -2.61. The monoisotopic (exact) mass is 1390 g/mol. The molecule has 0 spiro atoms. The van der Waals surface area contributed by atoms with E-state index >= 15 is 0 Å². The molecule has 108 heavy (non-hydrogen) atoms. The van der Waals surface area contributed by atoms with Gasteiger partial charge in [-0.1, -0.05) is 378 Å². The third kappa shape index (κ3) is 13.4. The minimum atomic E-state index is -0.221. The van der Waals surface area contributed by atoms with Gasteiger partial charge in [0, 0.05) is 45.0 Å². The van der Waals surface area contributed by atoms with Gasteiger partial charge in [0.2, 0.25) is 0 Å². The van der Waals surface area contributed by atoms with E-state index in [-0.39, 0.29) is 17.5 Å². The molecule has 0 amide bonds. The molecule has 2 heterocycles. The summed E-state index contributed by atoms with van der Waals surface area (Å²) in [5.41, 5.74) is 38.0. The van der Waals surface area contributed by atoms with E-state index < -0.39 is 0 Å². The summed E-state index contributed by atoms with van der Waals surface area (Å²) in [4.78, 5) is 5.53. The van der Waals surface area contributed by atoms with Crippen LogP contribution in [0.2, 0.25) is 0 Å². The van der Waals surface area contributed by atoms with Gasteiger partial charge in [-0.25, -0.2) is 0 Å². The summed E-state index contributed by atoms with van der Waals surface area (Å²) in [5, 5.41) is 0. The topological polar surface area (TPSA) is 6.48 Å². The highest BCUT2D eigenvalue weighted by Crippen LogP contribution is 2.56. The van der Waals surface area contributed by atoms with Crippen LogP contribution in [0.5, 0.6) is 0 Å². The molecule has 2 aliphatic heterocycles. The molecule has 15 aromatic carbocycles. The van der Waals surface area contributed by atoms with Gasteiger partial charge in [-0.2, -0.15) is 0 Å². The van der Waals surface area contributed by atoms with Crippen molar-refractivity contribution in [2.24, 2.45) is 5.92 Å². The number of hydrogen-bond acceptors (Lipinski definition) is 2. The van der Waals surface area contributed by atoms with E-state index in [4.69, 9.17) is 0 Å². The molecule has 2 nitrogen and oxygen atoms in total. The Balaban J connectivity index is 1.02. The second kappa shape index (κ2) is 29.0. The Labute approximate surface area is 640 Å². The summed E-state index contributed by atoms with van der Waals surface area (Å²) in [7, 11) is 0. The zero-order valence-electron chi connectivity index (χ0n) is 63.4. The Kier molecular flexibility index (Phi) is 18.6. The summed E-state index contributed by atoms with van der Waals surface area (Å²) in [6.45, 7) is 18.8. The standard InChI is InChI=1S/C105H91BN2/c1-71(2)29-27-28-42-86-59-64-99-100-101(86)108(103-93(84-55-47-80(48-56-84)74-34-19-11-20-35-74)69-90(105(6,7)8)70-94(103)85-57-49-81(50-58-85)75-36-21-12-22-37-75)98-63-61-88(77-40-25-14-26-41-77)66-96(98)106(100)95-65-87(76-38-23-13-24-39-76)60-62-97(95)107(99)102-91(82-51-43-78(44-52-82)72-30-15-9-16-31-72)67-89(104(3,4)5)68-92(102)83-53-45-79(46-54-83)73-32-17-10-18-33-73/h9-26,30-41,43-71H,27-29,42H2,1-8H3. The quantitative estimate of drug-likeness (QED) is 0.0662. The molecule has 0 bridgehead atoms. The Morgan fingerprint density at radius 2 is 0.528 bits per heavy atom. The van der Waals surface area contributed by atoms with Crippen molar-refractivity contribution in [3.8, 4) is 111 Å². The van der Waals surface area contributed by atoms with Crippen LogP contribution in [0, 0.1) is 5.92 Å². The van der Waals surface area contributed by atoms with Crippen LogP contribution < -0.4 is 26.2 Å². The maximum absolute atomic E-state index is 2.80. The molecule has 0 aromatic heterocycles. The van der Waals surface area contributed by atoms with E-state index in [1.807, 2.05) is 0 Å². The SMILES string of the molecule is CC(C)CCCCc1ccc2c3c1N(c1c(-c4ccc(-c5ccccc5)cc4)cc(C(C)(C)C)cc1-c1ccc(-c4ccccc4)cc1)c1ccc(-c4ccccc4)cc1B3c1cc(-c3ccccc3)ccc1N2c1c(-c2ccc(-c3ccccc3)cc2)cc(C(C)(C)C)cc1-c1ccc(-c2ccccc2)cc1. The van der Waals surface area contributed by atoms with Crippen LogP contribution in [0.1, 0.15) is 91.3 Å². The van der Waals surface area contributed by atoms with Crippen molar-refractivity contribution in [3.05, 3.63) is 369 Å². The average Bonchev–Trinajstić information content (AvgIpc) is 0.685. The lowest BCUT2D eigenvalue weighted by atomic mass is 9.33. The van der Waals surface area contributed by atoms with Crippen LogP contribution in [0.3, 0.4) is 0 Å². The van der Waals surface area contributed by atoms with E-state index in [0.717, 1.165) is 65.0 Å². The zero-order chi connectivity index (χ0) is 73.6. The van der Waals surface area contributed by atoms with Gasteiger partial charge in [-0.15, -0.1) is 0 Å². The summed E-state index contributed by atoms with van der Waals surface area (Å²) >= 11 is 0. The fourth-order valence-corrected chi connectivity index (χ4v) is 16.6. The first-order valence-corrected chi connectivity index (χ1v) is 38.8. The van der Waals surface area contributed by atoms with Crippen LogP contribution in [0.4, 0.5) is 34.1 Å². The van der Waals surface area contributed by atoms with E-state index in [9.17, 15) is 0 Å². The third-order valence-electron chi connectivity index (χ3n) is 22.5. The summed E-state index contributed by atoms with van der Waals surface area (Å²) in [6, 6.07) is 133. The van der Waals surface area contributed by atoms with Gasteiger partial charge in [-0.3, -0.25) is 0 Å². The lowest BCUT2D eigenvalue weighted by molar-refractivity contribution is 0.538. The largest absolute Gasteiger partial charge is 0.310 e. The average molecular weight is 1390 g/mol. The number of unbranched alkanes of at least 4 members (excludes halogenated alkanes) is 1. The van der Waals surface area contributed by atoms with Crippen LogP contribution in [0.25, 0.3) is 111 Å². The first-order chi connectivity index (χ1) is 52.7. The highest BCUT2D eigenvalue weighted by Gasteiger charge is 2.47. The van der Waals surface area contributed by atoms with E-state index in [2.05, 4.69) is 417 Å². The third-order valence-corrected chi connectivity index (χ3v) is 22.5. The Morgan fingerprint density at radius 1 is 0.259 bits per heavy atom. The molecule has 3 heteroatoms. The number of fused-ring (bicyclic) bond motifs is 4. The van der Waals surface area contributed by atoms with Gasteiger partial charge in [-0.05, 0) is 194 Å². The Hall–Kier alpha value is -12.0. The number of hydrogen-bond donors (Lipinski definition) is 0. The van der Waals surface area contributed by atoms with Gasteiger partial charge in [0.05, 0.1) is 11.4 Å². The van der Waals surface area contributed by atoms with E-state index in [0.29, 0.717) is 5.92 Å². The Morgan fingerprint density at radius 3 is 0.843 bits per heavy atom. The molecule has 0 aliphatic carbocycles. The fourth-order valence-electron chi connectivity index (χ4n) is 16.6. The molecule has 0 saturated carbocycles. The zero-order valence-corrected chi connectivity index (χ0v) is 63.4. The first-order valence-electron chi connectivity index (χ1n) is 38.8. The fraction of sp³-hybridized carbons (Fsp3) is 0.143. The predicted molar refractivity (Wildman–Crippen MR) is 465 cm³/mol. The number of rotatable bonds is 17. The molecule has 15 aromatic rings. The molecule has 524 valence electrons. The number of aryl methyl sites for hydroxylation is 1. The van der Waals surface area contributed by atoms with Crippen molar-refractivity contribution in [1.82, 2.24) is 0 Å². The second-order valence-corrected chi connectivity index (χ2v) is 32.1. The van der Waals surface area contributed by atoms with Crippen LogP contribution >= 0.6 is 0 Å². The summed E-state index contributed by atoms with van der Waals surface area (Å²) < 4.78 is 0. The van der Waals surface area contributed by atoms with Gasteiger partial charge in [0.1, 0.15) is 0 Å². The van der Waals surface area contributed by atoms with Gasteiger partial charge < -0.3 is 9.80 Å². The van der Waals surface area contributed by atoms with Crippen molar-refractivity contribution in [1.29, 1.82) is 0 Å². The maximum atomic E-state index is 2.80. The molecule has 0 radical (unpaired) electrons. The normalized spacial score (nSPS) is 12.4. The van der Waals surface area contributed by atoms with Gasteiger partial charge in [0.15, 0.2) is 0 Å². The summed E-state index contributed by atoms with van der Waals surface area (Å²) in [5.74, 6) is 0.590. The van der Waals surface area contributed by atoms with Gasteiger partial charge in [0.25, 0.3) is 6.71 Å². The number of benzene rings is 15. The number of nitrogens with zero attached hydrogens (tertiary/aromatic N) is 2. The minimum absolute atomic E-state index is 0.218. The van der Waals surface area contributed by atoms with E-state index in [1.54, 1.807) is 0 Å². The van der Waals surface area contributed by atoms with Crippen LogP contribution in [0.15, 0.2) is 352 Å². The maximum Gasteiger partial charge on any atom is 0.252 e. The molecule has 0 fully saturated rings. The molecular weight excluding hydrogens is 1300 g/mol. The van der Waals surface area contributed by atoms with Crippen molar-refractivity contribution < 1.29 is 0 Å². The van der Waals surface area contributed by atoms with Gasteiger partial charge >= 0.3 is 0 Å². The molecule has 17 rings (SSSR count). The highest BCUT2D eigenvalue weighted by molar-refractivity contribution is 7.00. The van der Waals surface area contributed by atoms with Crippen molar-refractivity contribution in [2.45, 2.75) is 91.9 Å².